The molecule has 1 heterocycles. The van der Waals surface area contributed by atoms with Crippen molar-refractivity contribution in [3.8, 4) is 11.6 Å². The van der Waals surface area contributed by atoms with Crippen molar-refractivity contribution in [1.29, 1.82) is 0 Å². The van der Waals surface area contributed by atoms with Crippen molar-refractivity contribution in [2.75, 3.05) is 0 Å². The largest absolute Gasteiger partial charge is 0.436 e. The standard InChI is InChI=1S/C12H9FN2OS/c13-9-3-1-2-4-10(9)16-11-7-8(12(14)17)5-6-15-11/h1-7H,(H2,14,17). The molecule has 0 bridgehead atoms. The van der Waals surface area contributed by atoms with Gasteiger partial charge in [0, 0.05) is 17.8 Å². The average molecular weight is 248 g/mol. The lowest BCUT2D eigenvalue weighted by atomic mass is 10.3. The summed E-state index contributed by atoms with van der Waals surface area (Å²) in [6.45, 7) is 0. The minimum absolute atomic E-state index is 0.111. The van der Waals surface area contributed by atoms with Crippen LogP contribution in [0.3, 0.4) is 0 Å². The van der Waals surface area contributed by atoms with Gasteiger partial charge in [-0.2, -0.15) is 0 Å². The van der Waals surface area contributed by atoms with Crippen LogP contribution in [0.2, 0.25) is 0 Å². The molecule has 1 aromatic carbocycles. The molecule has 2 rings (SSSR count). The molecule has 0 atom stereocenters. The van der Waals surface area contributed by atoms with Crippen LogP contribution < -0.4 is 10.5 Å². The molecule has 0 fully saturated rings. The summed E-state index contributed by atoms with van der Waals surface area (Å²) >= 11 is 4.83. The fourth-order valence-corrected chi connectivity index (χ4v) is 1.39. The minimum Gasteiger partial charge on any atom is -0.436 e. The van der Waals surface area contributed by atoms with Gasteiger partial charge in [-0.05, 0) is 18.2 Å². The molecule has 0 unspecified atom stereocenters. The Morgan fingerprint density at radius 2 is 2.06 bits per heavy atom. The van der Waals surface area contributed by atoms with Crippen molar-refractivity contribution in [3.05, 3.63) is 54.0 Å². The van der Waals surface area contributed by atoms with Crippen molar-refractivity contribution in [1.82, 2.24) is 4.98 Å². The Hall–Kier alpha value is -2.01. The van der Waals surface area contributed by atoms with Crippen molar-refractivity contribution in [2.24, 2.45) is 5.73 Å². The van der Waals surface area contributed by atoms with E-state index in [4.69, 9.17) is 22.7 Å². The maximum absolute atomic E-state index is 13.3. The molecule has 0 aliphatic rings. The third-order valence-electron chi connectivity index (χ3n) is 2.07. The molecule has 0 radical (unpaired) electrons. The highest BCUT2D eigenvalue weighted by Gasteiger charge is 2.05. The highest BCUT2D eigenvalue weighted by molar-refractivity contribution is 7.80. The van der Waals surface area contributed by atoms with Crippen LogP contribution >= 0.6 is 12.2 Å². The third-order valence-corrected chi connectivity index (χ3v) is 2.31. The number of thiocarbonyl (C=S) groups is 1. The van der Waals surface area contributed by atoms with Crippen LogP contribution in [-0.2, 0) is 0 Å². The van der Waals surface area contributed by atoms with E-state index < -0.39 is 5.82 Å². The molecule has 0 spiro atoms. The smallest absolute Gasteiger partial charge is 0.220 e. The number of aromatic nitrogens is 1. The van der Waals surface area contributed by atoms with E-state index in [2.05, 4.69) is 4.98 Å². The Bertz CT molecular complexity index is 560. The summed E-state index contributed by atoms with van der Waals surface area (Å²) in [6, 6.07) is 9.32. The molecule has 0 amide bonds. The van der Waals surface area contributed by atoms with Crippen molar-refractivity contribution < 1.29 is 9.13 Å². The highest BCUT2D eigenvalue weighted by atomic mass is 32.1. The average Bonchev–Trinajstić information content (AvgIpc) is 2.32. The molecule has 3 nitrogen and oxygen atoms in total. The van der Waals surface area contributed by atoms with Gasteiger partial charge in [-0.25, -0.2) is 9.37 Å². The number of nitrogens with two attached hydrogens (primary N) is 1. The minimum atomic E-state index is -0.449. The number of nitrogens with zero attached hydrogens (tertiary/aromatic N) is 1. The summed E-state index contributed by atoms with van der Waals surface area (Å²) < 4.78 is 18.6. The number of halogens is 1. The fourth-order valence-electron chi connectivity index (χ4n) is 1.26. The van der Waals surface area contributed by atoms with E-state index in [-0.39, 0.29) is 16.6 Å². The van der Waals surface area contributed by atoms with E-state index in [1.807, 2.05) is 0 Å². The molecule has 0 saturated heterocycles. The van der Waals surface area contributed by atoms with Gasteiger partial charge in [0.1, 0.15) is 4.99 Å². The quantitative estimate of drug-likeness (QED) is 0.848. The third kappa shape index (κ3) is 2.76. The van der Waals surface area contributed by atoms with Crippen LogP contribution in [-0.4, -0.2) is 9.97 Å². The molecule has 2 N–H and O–H groups in total. The molecule has 17 heavy (non-hydrogen) atoms. The van der Waals surface area contributed by atoms with Gasteiger partial charge in [-0.15, -0.1) is 0 Å². The molecule has 0 aliphatic carbocycles. The lowest BCUT2D eigenvalue weighted by Gasteiger charge is -2.06. The number of para-hydroxylation sites is 1. The van der Waals surface area contributed by atoms with Crippen molar-refractivity contribution in [2.45, 2.75) is 0 Å². The Morgan fingerprint density at radius 1 is 1.29 bits per heavy atom. The highest BCUT2D eigenvalue weighted by Crippen LogP contribution is 2.22. The Labute approximate surface area is 103 Å². The summed E-state index contributed by atoms with van der Waals surface area (Å²) in [7, 11) is 0. The molecule has 0 aliphatic heterocycles. The molecular formula is C12H9FN2OS. The normalized spacial score (nSPS) is 9.94. The first kappa shape index (κ1) is 11.5. The number of benzene rings is 1. The lowest BCUT2D eigenvalue weighted by Crippen LogP contribution is -2.09. The van der Waals surface area contributed by atoms with Crippen LogP contribution in [0.4, 0.5) is 4.39 Å². The second-order valence-electron chi connectivity index (χ2n) is 3.28. The maximum atomic E-state index is 13.3. The van der Waals surface area contributed by atoms with E-state index in [0.717, 1.165) is 0 Å². The van der Waals surface area contributed by atoms with Gasteiger partial charge in [-0.1, -0.05) is 24.4 Å². The molecule has 1 aromatic heterocycles. The number of ether oxygens (including phenoxy) is 1. The molecule has 86 valence electrons. The zero-order valence-electron chi connectivity index (χ0n) is 8.76. The summed E-state index contributed by atoms with van der Waals surface area (Å²) in [6.07, 6.45) is 1.50. The Kier molecular flexibility index (Phi) is 3.30. The first-order valence-corrected chi connectivity index (χ1v) is 5.26. The molecule has 2 aromatic rings. The molecule has 5 heteroatoms. The zero-order chi connectivity index (χ0) is 12.3. The first-order valence-electron chi connectivity index (χ1n) is 4.85. The van der Waals surface area contributed by atoms with Crippen LogP contribution in [0.25, 0.3) is 0 Å². The van der Waals surface area contributed by atoms with Crippen molar-refractivity contribution >= 4 is 17.2 Å². The van der Waals surface area contributed by atoms with Gasteiger partial charge >= 0.3 is 0 Å². The van der Waals surface area contributed by atoms with E-state index in [9.17, 15) is 4.39 Å². The number of pyridine rings is 1. The number of hydrogen-bond donors (Lipinski definition) is 1. The molecule has 0 saturated carbocycles. The SMILES string of the molecule is NC(=S)c1ccnc(Oc2ccccc2F)c1. The van der Waals surface area contributed by atoms with E-state index >= 15 is 0 Å². The van der Waals surface area contributed by atoms with E-state index in [0.29, 0.717) is 5.56 Å². The topological polar surface area (TPSA) is 48.1 Å². The van der Waals surface area contributed by atoms with Gasteiger partial charge in [0.2, 0.25) is 5.88 Å². The second kappa shape index (κ2) is 4.88. The van der Waals surface area contributed by atoms with E-state index in [1.165, 1.54) is 18.3 Å². The predicted octanol–water partition coefficient (Wildman–Crippen LogP) is 2.65. The summed E-state index contributed by atoms with van der Waals surface area (Å²) in [4.78, 5) is 4.20. The van der Waals surface area contributed by atoms with Crippen LogP contribution in [0.1, 0.15) is 5.56 Å². The van der Waals surface area contributed by atoms with Crippen molar-refractivity contribution in [3.63, 3.8) is 0 Å². The fraction of sp³-hybridized carbons (Fsp3) is 0. The Balaban J connectivity index is 2.28. The van der Waals surface area contributed by atoms with Gasteiger partial charge in [0.05, 0.1) is 0 Å². The predicted molar refractivity (Wildman–Crippen MR) is 66.6 cm³/mol. The van der Waals surface area contributed by atoms with E-state index in [1.54, 1.807) is 24.3 Å². The van der Waals surface area contributed by atoms with Gasteiger partial charge in [-0.3, -0.25) is 0 Å². The molecular weight excluding hydrogens is 239 g/mol. The van der Waals surface area contributed by atoms with Crippen LogP contribution in [0, 0.1) is 5.82 Å². The van der Waals surface area contributed by atoms with Gasteiger partial charge in [0.15, 0.2) is 11.6 Å². The number of rotatable bonds is 3. The van der Waals surface area contributed by atoms with Gasteiger partial charge in [0.25, 0.3) is 0 Å². The monoisotopic (exact) mass is 248 g/mol. The zero-order valence-corrected chi connectivity index (χ0v) is 9.58. The lowest BCUT2D eigenvalue weighted by molar-refractivity contribution is 0.427. The summed E-state index contributed by atoms with van der Waals surface area (Å²) in [5, 5.41) is 0. The van der Waals surface area contributed by atoms with Crippen LogP contribution in [0.5, 0.6) is 11.6 Å². The maximum Gasteiger partial charge on any atom is 0.220 e. The second-order valence-corrected chi connectivity index (χ2v) is 3.72. The first-order chi connectivity index (χ1) is 8.16. The number of hydrogen-bond acceptors (Lipinski definition) is 3. The summed E-state index contributed by atoms with van der Waals surface area (Å²) in [5.41, 5.74) is 6.11. The Morgan fingerprint density at radius 3 is 2.76 bits per heavy atom. The summed E-state index contributed by atoms with van der Waals surface area (Å²) in [5.74, 6) is -0.0875. The van der Waals surface area contributed by atoms with Crippen LogP contribution in [0.15, 0.2) is 42.6 Å². The van der Waals surface area contributed by atoms with Gasteiger partial charge < -0.3 is 10.5 Å².